The number of hydrogen-bond acceptors (Lipinski definition) is 3. The number of rotatable bonds is 4. The van der Waals surface area contributed by atoms with E-state index >= 15 is 0 Å². The van der Waals surface area contributed by atoms with Gasteiger partial charge >= 0.3 is 0 Å². The van der Waals surface area contributed by atoms with Gasteiger partial charge in [-0.1, -0.05) is 6.07 Å². The van der Waals surface area contributed by atoms with E-state index < -0.39 is 5.82 Å². The van der Waals surface area contributed by atoms with Crippen LogP contribution in [-0.4, -0.2) is 12.5 Å². The fourth-order valence-electron chi connectivity index (χ4n) is 1.93. The van der Waals surface area contributed by atoms with Crippen molar-refractivity contribution in [3.63, 3.8) is 0 Å². The van der Waals surface area contributed by atoms with Crippen molar-refractivity contribution >= 4 is 17.3 Å². The summed E-state index contributed by atoms with van der Waals surface area (Å²) >= 11 is 0. The molecule has 0 saturated heterocycles. The molecule has 2 aromatic rings. The Morgan fingerprint density at radius 1 is 1.29 bits per heavy atom. The number of carbonyl (C=O) groups excluding carboxylic acids is 1. The van der Waals surface area contributed by atoms with Crippen LogP contribution in [-0.2, 0) is 0 Å². The lowest BCUT2D eigenvalue weighted by atomic mass is 10.1. The zero-order valence-electron chi connectivity index (χ0n) is 11.9. The SMILES string of the molecule is CCOc1cc(N)cc(C(=O)Nc2cc(F)ccc2C)c1. The first-order valence-electron chi connectivity index (χ1n) is 6.60. The van der Waals surface area contributed by atoms with E-state index in [0.717, 1.165) is 5.56 Å². The zero-order valence-corrected chi connectivity index (χ0v) is 11.9. The van der Waals surface area contributed by atoms with Crippen LogP contribution >= 0.6 is 0 Å². The Balaban J connectivity index is 2.25. The molecule has 2 rings (SSSR count). The molecule has 110 valence electrons. The molecule has 0 saturated carbocycles. The highest BCUT2D eigenvalue weighted by molar-refractivity contribution is 6.05. The minimum atomic E-state index is -0.404. The van der Waals surface area contributed by atoms with Gasteiger partial charge in [-0.2, -0.15) is 0 Å². The molecule has 0 unspecified atom stereocenters. The van der Waals surface area contributed by atoms with Gasteiger partial charge in [-0.15, -0.1) is 0 Å². The number of nitrogens with one attached hydrogen (secondary N) is 1. The molecule has 0 aliphatic rings. The van der Waals surface area contributed by atoms with Crippen molar-refractivity contribution in [1.29, 1.82) is 0 Å². The molecule has 0 heterocycles. The van der Waals surface area contributed by atoms with Crippen molar-refractivity contribution in [2.24, 2.45) is 0 Å². The molecule has 0 aliphatic heterocycles. The first-order valence-corrected chi connectivity index (χ1v) is 6.60. The maximum absolute atomic E-state index is 13.2. The summed E-state index contributed by atoms with van der Waals surface area (Å²) in [5.74, 6) is -0.242. The molecule has 3 N–H and O–H groups in total. The minimum Gasteiger partial charge on any atom is -0.494 e. The first-order chi connectivity index (χ1) is 9.99. The quantitative estimate of drug-likeness (QED) is 0.848. The van der Waals surface area contributed by atoms with E-state index in [1.807, 2.05) is 6.92 Å². The third-order valence-electron chi connectivity index (χ3n) is 2.95. The number of amides is 1. The molecule has 0 atom stereocenters. The maximum Gasteiger partial charge on any atom is 0.255 e. The van der Waals surface area contributed by atoms with Gasteiger partial charge in [0.05, 0.1) is 6.61 Å². The minimum absolute atomic E-state index is 0.363. The fraction of sp³-hybridized carbons (Fsp3) is 0.188. The van der Waals surface area contributed by atoms with Crippen LogP contribution in [0.4, 0.5) is 15.8 Å². The number of ether oxygens (including phenoxy) is 1. The highest BCUT2D eigenvalue weighted by atomic mass is 19.1. The lowest BCUT2D eigenvalue weighted by Gasteiger charge is -2.11. The van der Waals surface area contributed by atoms with Gasteiger partial charge in [0.1, 0.15) is 11.6 Å². The number of halogens is 1. The lowest BCUT2D eigenvalue weighted by Crippen LogP contribution is -2.13. The number of benzene rings is 2. The van der Waals surface area contributed by atoms with Gasteiger partial charge in [0, 0.05) is 23.0 Å². The van der Waals surface area contributed by atoms with Gasteiger partial charge in [0.2, 0.25) is 0 Å². The van der Waals surface area contributed by atoms with Crippen molar-refractivity contribution < 1.29 is 13.9 Å². The molecule has 1 amide bonds. The van der Waals surface area contributed by atoms with Gasteiger partial charge in [0.15, 0.2) is 0 Å². The Morgan fingerprint density at radius 2 is 2.05 bits per heavy atom. The van der Waals surface area contributed by atoms with Crippen LogP contribution in [0.1, 0.15) is 22.8 Å². The van der Waals surface area contributed by atoms with E-state index in [0.29, 0.717) is 29.3 Å². The predicted octanol–water partition coefficient (Wildman–Crippen LogP) is 3.37. The highest BCUT2D eigenvalue weighted by Gasteiger charge is 2.11. The van der Waals surface area contributed by atoms with Crippen LogP contribution in [0.25, 0.3) is 0 Å². The van der Waals surface area contributed by atoms with E-state index in [9.17, 15) is 9.18 Å². The number of nitrogens with two attached hydrogens (primary N) is 1. The summed E-state index contributed by atoms with van der Waals surface area (Å²) in [4.78, 5) is 12.2. The average molecular weight is 288 g/mol. The van der Waals surface area contributed by atoms with Gasteiger partial charge in [-0.3, -0.25) is 4.79 Å². The molecule has 2 aromatic carbocycles. The predicted molar refractivity (Wildman–Crippen MR) is 81.1 cm³/mol. The van der Waals surface area contributed by atoms with E-state index in [1.54, 1.807) is 31.2 Å². The second kappa shape index (κ2) is 6.26. The molecule has 5 heteroatoms. The second-order valence-electron chi connectivity index (χ2n) is 4.64. The first kappa shape index (κ1) is 14.8. The van der Waals surface area contributed by atoms with Crippen LogP contribution in [0.5, 0.6) is 5.75 Å². The molecule has 0 radical (unpaired) electrons. The van der Waals surface area contributed by atoms with E-state index in [2.05, 4.69) is 5.32 Å². The molecule has 0 spiro atoms. The van der Waals surface area contributed by atoms with Gasteiger partial charge < -0.3 is 15.8 Å². The van der Waals surface area contributed by atoms with Gasteiger partial charge in [-0.25, -0.2) is 4.39 Å². The number of hydrogen-bond donors (Lipinski definition) is 2. The maximum atomic E-state index is 13.2. The standard InChI is InChI=1S/C16H17FN2O2/c1-3-21-14-7-11(6-13(18)9-14)16(20)19-15-8-12(17)5-4-10(15)2/h4-9H,3,18H2,1-2H3,(H,19,20). The van der Waals surface area contributed by atoms with E-state index in [4.69, 9.17) is 10.5 Å². The van der Waals surface area contributed by atoms with Crippen molar-refractivity contribution in [3.8, 4) is 5.75 Å². The summed E-state index contributed by atoms with van der Waals surface area (Å²) in [5, 5.41) is 2.67. The third kappa shape index (κ3) is 3.72. The van der Waals surface area contributed by atoms with Crippen molar-refractivity contribution in [1.82, 2.24) is 0 Å². The summed E-state index contributed by atoms with van der Waals surface area (Å²) < 4.78 is 18.6. The Kier molecular flexibility index (Phi) is 4.42. The summed E-state index contributed by atoms with van der Waals surface area (Å²) in [6, 6.07) is 9.03. The second-order valence-corrected chi connectivity index (χ2v) is 4.64. The summed E-state index contributed by atoms with van der Waals surface area (Å²) in [6.45, 7) is 4.12. The van der Waals surface area contributed by atoms with Crippen molar-refractivity contribution in [3.05, 3.63) is 53.3 Å². The van der Waals surface area contributed by atoms with Crippen molar-refractivity contribution in [2.75, 3.05) is 17.7 Å². The Hall–Kier alpha value is -2.56. The van der Waals surface area contributed by atoms with E-state index in [1.165, 1.54) is 12.1 Å². The lowest BCUT2D eigenvalue weighted by molar-refractivity contribution is 0.102. The number of carbonyl (C=O) groups is 1. The molecule has 0 fully saturated rings. The summed E-state index contributed by atoms with van der Waals surface area (Å²) in [7, 11) is 0. The molecule has 4 nitrogen and oxygen atoms in total. The van der Waals surface area contributed by atoms with Crippen LogP contribution in [0, 0.1) is 12.7 Å². The summed E-state index contributed by atoms with van der Waals surface area (Å²) in [5.41, 5.74) is 7.76. The third-order valence-corrected chi connectivity index (χ3v) is 2.95. The van der Waals surface area contributed by atoms with Crippen LogP contribution in [0.2, 0.25) is 0 Å². The molecule has 0 bridgehead atoms. The summed E-state index contributed by atoms with van der Waals surface area (Å²) in [6.07, 6.45) is 0. The number of anilines is 2. The van der Waals surface area contributed by atoms with Crippen molar-refractivity contribution in [2.45, 2.75) is 13.8 Å². The molecular weight excluding hydrogens is 271 g/mol. The van der Waals surface area contributed by atoms with Crippen LogP contribution in [0.15, 0.2) is 36.4 Å². The van der Waals surface area contributed by atoms with Gasteiger partial charge in [0.25, 0.3) is 5.91 Å². The fourth-order valence-corrected chi connectivity index (χ4v) is 1.93. The molecule has 0 aliphatic carbocycles. The molecule has 0 aromatic heterocycles. The largest absolute Gasteiger partial charge is 0.494 e. The Bertz CT molecular complexity index is 671. The number of nitrogen functional groups attached to an aromatic ring is 1. The highest BCUT2D eigenvalue weighted by Crippen LogP contribution is 2.21. The van der Waals surface area contributed by atoms with Crippen LogP contribution < -0.4 is 15.8 Å². The van der Waals surface area contributed by atoms with Gasteiger partial charge in [-0.05, 0) is 43.7 Å². The van der Waals surface area contributed by atoms with Crippen LogP contribution in [0.3, 0.4) is 0 Å². The Morgan fingerprint density at radius 3 is 2.76 bits per heavy atom. The normalized spacial score (nSPS) is 10.2. The van der Waals surface area contributed by atoms with E-state index in [-0.39, 0.29) is 5.91 Å². The topological polar surface area (TPSA) is 64.3 Å². The smallest absolute Gasteiger partial charge is 0.255 e. The molecule has 21 heavy (non-hydrogen) atoms. The average Bonchev–Trinajstić information content (AvgIpc) is 2.42. The zero-order chi connectivity index (χ0) is 15.4. The monoisotopic (exact) mass is 288 g/mol. The number of aryl methyl sites for hydroxylation is 1. The molecular formula is C16H17FN2O2. The Labute approximate surface area is 122 Å².